The van der Waals surface area contributed by atoms with E-state index in [9.17, 15) is 13.2 Å². The lowest BCUT2D eigenvalue weighted by Gasteiger charge is -2.13. The van der Waals surface area contributed by atoms with E-state index in [0.717, 1.165) is 54.7 Å². The van der Waals surface area contributed by atoms with Crippen LogP contribution in [-0.2, 0) is 19.1 Å². The van der Waals surface area contributed by atoms with Crippen LogP contribution in [0.25, 0.3) is 22.0 Å². The molecule has 6 heteroatoms. The van der Waals surface area contributed by atoms with Crippen molar-refractivity contribution < 1.29 is 13.2 Å². The molecule has 1 aliphatic heterocycles. The smallest absolute Gasteiger partial charge is 0.343 e. The van der Waals surface area contributed by atoms with Crippen LogP contribution < -0.4 is 5.32 Å². The fraction of sp³-hybridized carbons (Fsp3) is 0.263. The summed E-state index contributed by atoms with van der Waals surface area (Å²) in [4.78, 5) is 0. The van der Waals surface area contributed by atoms with Crippen molar-refractivity contribution >= 4 is 22.5 Å². The quantitative estimate of drug-likeness (QED) is 0.633. The average molecular weight is 365 g/mol. The van der Waals surface area contributed by atoms with Gasteiger partial charge in [-0.1, -0.05) is 35.9 Å². The Bertz CT molecular complexity index is 944. The van der Waals surface area contributed by atoms with Gasteiger partial charge in [0.15, 0.2) is 0 Å². The zero-order valence-corrected chi connectivity index (χ0v) is 14.1. The molecule has 2 aromatic carbocycles. The predicted molar refractivity (Wildman–Crippen MR) is 94.0 cm³/mol. The normalized spacial score (nSPS) is 15.2. The number of nitrogens with zero attached hydrogens (tertiary/aromatic N) is 1. The van der Waals surface area contributed by atoms with E-state index in [1.165, 1.54) is 11.8 Å². The second-order valence-corrected chi connectivity index (χ2v) is 6.63. The summed E-state index contributed by atoms with van der Waals surface area (Å²) in [6, 6.07) is 11.6. The number of halogens is 4. The first-order chi connectivity index (χ1) is 11.9. The number of alkyl halides is 3. The fourth-order valence-corrected chi connectivity index (χ4v) is 3.78. The van der Waals surface area contributed by atoms with Gasteiger partial charge in [0, 0.05) is 53.3 Å². The van der Waals surface area contributed by atoms with E-state index in [-0.39, 0.29) is 5.02 Å². The number of benzene rings is 2. The molecule has 0 saturated carbocycles. The number of rotatable bonds is 1. The molecule has 1 aliphatic rings. The third kappa shape index (κ3) is 2.92. The minimum atomic E-state index is -4.40. The van der Waals surface area contributed by atoms with Crippen LogP contribution in [0.2, 0.25) is 5.02 Å². The number of hydrogen-bond acceptors (Lipinski definition) is 1. The maximum Gasteiger partial charge on any atom is 0.416 e. The Morgan fingerprint density at radius 1 is 1.00 bits per heavy atom. The Labute approximate surface area is 148 Å². The molecular formula is C19H16ClF3N2. The van der Waals surface area contributed by atoms with Gasteiger partial charge in [-0.2, -0.15) is 13.2 Å². The Kier molecular flexibility index (Phi) is 4.01. The zero-order chi connectivity index (χ0) is 17.6. The van der Waals surface area contributed by atoms with Gasteiger partial charge in [0.2, 0.25) is 0 Å². The minimum absolute atomic E-state index is 0.115. The van der Waals surface area contributed by atoms with E-state index < -0.39 is 11.7 Å². The number of nitrogens with one attached hydrogen (secondary N) is 1. The van der Waals surface area contributed by atoms with Crippen LogP contribution in [0.3, 0.4) is 0 Å². The SMILES string of the molecule is FC(F)(F)c1ccc(-c2cccc3cc4n(c23)CCNCC4)c(Cl)c1. The molecule has 0 amide bonds. The van der Waals surface area contributed by atoms with Crippen LogP contribution in [0.15, 0.2) is 42.5 Å². The van der Waals surface area contributed by atoms with Gasteiger partial charge in [-0.15, -0.1) is 0 Å². The summed E-state index contributed by atoms with van der Waals surface area (Å²) in [5.74, 6) is 0. The summed E-state index contributed by atoms with van der Waals surface area (Å²) >= 11 is 6.23. The molecule has 1 N–H and O–H groups in total. The second-order valence-electron chi connectivity index (χ2n) is 6.22. The first-order valence-electron chi connectivity index (χ1n) is 8.14. The number of para-hydroxylation sites is 1. The summed E-state index contributed by atoms with van der Waals surface area (Å²) in [7, 11) is 0. The molecule has 130 valence electrons. The lowest BCUT2D eigenvalue weighted by atomic mass is 10.0. The summed E-state index contributed by atoms with van der Waals surface area (Å²) in [6.45, 7) is 2.62. The van der Waals surface area contributed by atoms with Gasteiger partial charge in [0.05, 0.1) is 11.1 Å². The van der Waals surface area contributed by atoms with Gasteiger partial charge in [0.25, 0.3) is 0 Å². The van der Waals surface area contributed by atoms with Gasteiger partial charge in [-0.05, 0) is 18.2 Å². The predicted octanol–water partition coefficient (Wildman–Crippen LogP) is 5.13. The summed E-state index contributed by atoms with van der Waals surface area (Å²) in [5, 5.41) is 4.57. The van der Waals surface area contributed by atoms with E-state index in [4.69, 9.17) is 11.6 Å². The highest BCUT2D eigenvalue weighted by Crippen LogP contribution is 2.38. The van der Waals surface area contributed by atoms with Crippen LogP contribution in [0, 0.1) is 0 Å². The maximum absolute atomic E-state index is 12.9. The van der Waals surface area contributed by atoms with Gasteiger partial charge in [0.1, 0.15) is 0 Å². The van der Waals surface area contributed by atoms with Crippen LogP contribution in [-0.4, -0.2) is 17.7 Å². The van der Waals surface area contributed by atoms with Gasteiger partial charge < -0.3 is 9.88 Å². The van der Waals surface area contributed by atoms with Crippen molar-refractivity contribution in [3.8, 4) is 11.1 Å². The van der Waals surface area contributed by atoms with E-state index in [0.29, 0.717) is 5.56 Å². The highest BCUT2D eigenvalue weighted by atomic mass is 35.5. The molecular weight excluding hydrogens is 349 g/mol. The third-order valence-corrected chi connectivity index (χ3v) is 4.98. The zero-order valence-electron chi connectivity index (χ0n) is 13.3. The van der Waals surface area contributed by atoms with E-state index in [1.54, 1.807) is 0 Å². The highest BCUT2D eigenvalue weighted by molar-refractivity contribution is 6.33. The lowest BCUT2D eigenvalue weighted by molar-refractivity contribution is -0.137. The summed E-state index contributed by atoms with van der Waals surface area (Å²) < 4.78 is 41.0. The van der Waals surface area contributed by atoms with Crippen LogP contribution >= 0.6 is 11.6 Å². The van der Waals surface area contributed by atoms with Crippen molar-refractivity contribution in [2.45, 2.75) is 19.1 Å². The van der Waals surface area contributed by atoms with Crippen molar-refractivity contribution in [3.05, 3.63) is 58.7 Å². The average Bonchev–Trinajstić information content (AvgIpc) is 2.76. The largest absolute Gasteiger partial charge is 0.416 e. The first kappa shape index (κ1) is 16.5. The molecule has 0 radical (unpaired) electrons. The lowest BCUT2D eigenvalue weighted by Crippen LogP contribution is -2.17. The molecule has 1 aromatic heterocycles. The molecule has 25 heavy (non-hydrogen) atoms. The molecule has 0 atom stereocenters. The molecule has 2 nitrogen and oxygen atoms in total. The molecule has 3 aromatic rings. The second kappa shape index (κ2) is 6.07. The van der Waals surface area contributed by atoms with Crippen molar-refractivity contribution in [2.75, 3.05) is 13.1 Å². The topological polar surface area (TPSA) is 17.0 Å². The van der Waals surface area contributed by atoms with Crippen molar-refractivity contribution in [3.63, 3.8) is 0 Å². The molecule has 0 saturated heterocycles. The van der Waals surface area contributed by atoms with E-state index >= 15 is 0 Å². The Morgan fingerprint density at radius 3 is 2.60 bits per heavy atom. The molecule has 4 rings (SSSR count). The van der Waals surface area contributed by atoms with E-state index in [1.807, 2.05) is 18.2 Å². The van der Waals surface area contributed by atoms with Crippen LogP contribution in [0.1, 0.15) is 11.3 Å². The van der Waals surface area contributed by atoms with Crippen molar-refractivity contribution in [2.24, 2.45) is 0 Å². The number of hydrogen-bond donors (Lipinski definition) is 1. The standard InChI is InChI=1S/C19H16ClF3N2/c20-17-11-13(19(21,22)23)4-5-15(17)16-3-1-2-12-10-14-6-7-24-8-9-25(14)18(12)16/h1-5,10-11,24H,6-9H2. The van der Waals surface area contributed by atoms with Gasteiger partial charge >= 0.3 is 6.18 Å². The van der Waals surface area contributed by atoms with Gasteiger partial charge in [-0.25, -0.2) is 0 Å². The summed E-state index contributed by atoms with van der Waals surface area (Å²) in [6.07, 6.45) is -3.47. The van der Waals surface area contributed by atoms with Crippen LogP contribution in [0.5, 0.6) is 0 Å². The Hall–Kier alpha value is -1.98. The van der Waals surface area contributed by atoms with Crippen molar-refractivity contribution in [1.82, 2.24) is 9.88 Å². The molecule has 0 unspecified atom stereocenters. The Balaban J connectivity index is 1.91. The van der Waals surface area contributed by atoms with Crippen molar-refractivity contribution in [1.29, 1.82) is 0 Å². The molecule has 0 bridgehead atoms. The number of fused-ring (bicyclic) bond motifs is 3. The molecule has 0 aliphatic carbocycles. The Morgan fingerprint density at radius 2 is 1.84 bits per heavy atom. The monoisotopic (exact) mass is 364 g/mol. The fourth-order valence-electron chi connectivity index (χ4n) is 3.50. The minimum Gasteiger partial charge on any atom is -0.343 e. The van der Waals surface area contributed by atoms with E-state index in [2.05, 4.69) is 16.0 Å². The number of aromatic nitrogens is 1. The van der Waals surface area contributed by atoms with Crippen LogP contribution in [0.4, 0.5) is 13.2 Å². The first-order valence-corrected chi connectivity index (χ1v) is 8.52. The third-order valence-electron chi connectivity index (χ3n) is 4.66. The maximum atomic E-state index is 12.9. The van der Waals surface area contributed by atoms with Gasteiger partial charge in [-0.3, -0.25) is 0 Å². The molecule has 0 spiro atoms. The molecule has 0 fully saturated rings. The highest BCUT2D eigenvalue weighted by Gasteiger charge is 2.31. The molecule has 2 heterocycles. The summed E-state index contributed by atoms with van der Waals surface area (Å²) in [5.41, 5.74) is 3.02.